The number of anilines is 1. The molecule has 2 aromatic heterocycles. The van der Waals surface area contributed by atoms with Crippen LogP contribution < -0.4 is 5.32 Å². The lowest BCUT2D eigenvalue weighted by Gasteiger charge is -2.11. The van der Waals surface area contributed by atoms with Crippen LogP contribution in [0.25, 0.3) is 28.3 Å². The molecule has 0 aliphatic heterocycles. The van der Waals surface area contributed by atoms with E-state index >= 15 is 0 Å². The van der Waals surface area contributed by atoms with E-state index in [9.17, 15) is 9.59 Å². The lowest BCUT2D eigenvalue weighted by Crippen LogP contribution is -2.17. The van der Waals surface area contributed by atoms with E-state index in [1.807, 2.05) is 66.1 Å². The van der Waals surface area contributed by atoms with Crippen molar-refractivity contribution in [1.82, 2.24) is 14.5 Å². The summed E-state index contributed by atoms with van der Waals surface area (Å²) < 4.78 is 7.45. The van der Waals surface area contributed by atoms with Gasteiger partial charge in [0.15, 0.2) is 5.65 Å². The van der Waals surface area contributed by atoms with Crippen molar-refractivity contribution in [2.24, 2.45) is 0 Å². The van der Waals surface area contributed by atoms with Crippen LogP contribution in [0.5, 0.6) is 0 Å². The summed E-state index contributed by atoms with van der Waals surface area (Å²) in [6, 6.07) is 17.1. The Labute approximate surface area is 204 Å². The Morgan fingerprint density at radius 3 is 2.34 bits per heavy atom. The van der Waals surface area contributed by atoms with Gasteiger partial charge >= 0.3 is 5.97 Å². The first-order valence-corrected chi connectivity index (χ1v) is 12.1. The molecule has 0 atom stereocenters. The number of ether oxygens (including phenoxy) is 1. The molecule has 4 aromatic rings. The maximum absolute atomic E-state index is 13.3. The topological polar surface area (TPSA) is 86.1 Å². The average Bonchev–Trinajstić information content (AvgIpc) is 3.17. The highest BCUT2D eigenvalue weighted by Crippen LogP contribution is 2.31. The van der Waals surface area contributed by atoms with E-state index in [-0.39, 0.29) is 11.5 Å². The second kappa shape index (κ2) is 11.4. The zero-order chi connectivity index (χ0) is 24.6. The standard InChI is InChI=1S/C28H30N4O3/c1-3-5-18-32-26(31-23(33)17-16-20-12-8-7-9-13-20)24(28(34)35-19-6-4-2)25-27(32)30-22-15-11-10-14-21(22)29-25/h7-17H,3-6,18-19H2,1-2H3,(H,31,33)/b17-16-. The number of fused-ring (bicyclic) bond motifs is 2. The minimum absolute atomic E-state index is 0.243. The van der Waals surface area contributed by atoms with Crippen molar-refractivity contribution in [2.75, 3.05) is 11.9 Å². The fourth-order valence-corrected chi connectivity index (χ4v) is 3.83. The van der Waals surface area contributed by atoms with Crippen LogP contribution in [0.4, 0.5) is 5.82 Å². The SMILES string of the molecule is CCCCOC(=O)c1c(NC(=O)/C=C\c2ccccc2)n(CCCC)c2nc3ccccc3nc12. The van der Waals surface area contributed by atoms with Crippen molar-refractivity contribution < 1.29 is 14.3 Å². The highest BCUT2D eigenvalue weighted by atomic mass is 16.5. The summed E-state index contributed by atoms with van der Waals surface area (Å²) in [6.07, 6.45) is 6.66. The number of para-hydroxylation sites is 2. The van der Waals surface area contributed by atoms with Crippen molar-refractivity contribution in [3.05, 3.63) is 71.8 Å². The first-order chi connectivity index (χ1) is 17.1. The third-order valence-corrected chi connectivity index (χ3v) is 5.69. The number of hydrogen-bond acceptors (Lipinski definition) is 5. The van der Waals surface area contributed by atoms with Crippen LogP contribution >= 0.6 is 0 Å². The van der Waals surface area contributed by atoms with Crippen LogP contribution in [0.1, 0.15) is 55.5 Å². The average molecular weight is 471 g/mol. The fraction of sp³-hybridized carbons (Fsp3) is 0.286. The number of benzene rings is 2. The van der Waals surface area contributed by atoms with Gasteiger partial charge in [-0.3, -0.25) is 4.79 Å². The van der Waals surface area contributed by atoms with Crippen molar-refractivity contribution in [3.8, 4) is 0 Å². The van der Waals surface area contributed by atoms with Crippen LogP contribution in [-0.4, -0.2) is 33.0 Å². The van der Waals surface area contributed by atoms with Crippen LogP contribution in [0.2, 0.25) is 0 Å². The number of aryl methyl sites for hydroxylation is 1. The number of hydrogen-bond donors (Lipinski definition) is 1. The molecule has 0 aliphatic rings. The van der Waals surface area contributed by atoms with E-state index in [2.05, 4.69) is 12.2 Å². The van der Waals surface area contributed by atoms with Crippen molar-refractivity contribution in [3.63, 3.8) is 0 Å². The Morgan fingerprint density at radius 1 is 0.943 bits per heavy atom. The van der Waals surface area contributed by atoms with Gasteiger partial charge in [-0.1, -0.05) is 69.2 Å². The molecule has 0 spiro atoms. The highest BCUT2D eigenvalue weighted by molar-refractivity contribution is 6.13. The van der Waals surface area contributed by atoms with Crippen LogP contribution in [0.3, 0.4) is 0 Å². The predicted molar refractivity (Wildman–Crippen MR) is 139 cm³/mol. The summed E-state index contributed by atoms with van der Waals surface area (Å²) in [7, 11) is 0. The second-order valence-electron chi connectivity index (χ2n) is 8.34. The summed E-state index contributed by atoms with van der Waals surface area (Å²) in [5.41, 5.74) is 3.54. The molecule has 0 aliphatic carbocycles. The van der Waals surface area contributed by atoms with E-state index in [1.165, 1.54) is 6.08 Å². The van der Waals surface area contributed by atoms with Gasteiger partial charge in [-0.2, -0.15) is 0 Å². The molecule has 0 fully saturated rings. The van der Waals surface area contributed by atoms with Gasteiger partial charge in [0.2, 0.25) is 5.91 Å². The van der Waals surface area contributed by atoms with Crippen LogP contribution in [-0.2, 0) is 16.1 Å². The third kappa shape index (κ3) is 5.57. The van der Waals surface area contributed by atoms with E-state index < -0.39 is 5.97 Å². The third-order valence-electron chi connectivity index (χ3n) is 5.69. The summed E-state index contributed by atoms with van der Waals surface area (Å²) in [4.78, 5) is 35.8. The Hall–Kier alpha value is -4.00. The van der Waals surface area contributed by atoms with E-state index in [4.69, 9.17) is 14.7 Å². The van der Waals surface area contributed by atoms with Crippen molar-refractivity contribution in [1.29, 1.82) is 0 Å². The molecule has 1 N–H and O–H groups in total. The largest absolute Gasteiger partial charge is 0.462 e. The van der Waals surface area contributed by atoms with E-state index in [0.29, 0.717) is 35.7 Å². The zero-order valence-corrected chi connectivity index (χ0v) is 20.2. The van der Waals surface area contributed by atoms with Crippen LogP contribution in [0, 0.1) is 0 Å². The number of amides is 1. The summed E-state index contributed by atoms with van der Waals surface area (Å²) in [5.74, 6) is -0.486. The lowest BCUT2D eigenvalue weighted by molar-refractivity contribution is -0.111. The summed E-state index contributed by atoms with van der Waals surface area (Å²) in [5, 5.41) is 2.93. The first-order valence-electron chi connectivity index (χ1n) is 12.1. The molecule has 35 heavy (non-hydrogen) atoms. The smallest absolute Gasteiger partial charge is 0.344 e. The monoisotopic (exact) mass is 470 g/mol. The summed E-state index contributed by atoms with van der Waals surface area (Å²) in [6.45, 7) is 5.01. The molecular formula is C28H30N4O3. The van der Waals surface area contributed by atoms with Gasteiger partial charge in [0.05, 0.1) is 17.6 Å². The van der Waals surface area contributed by atoms with Gasteiger partial charge in [0, 0.05) is 12.6 Å². The van der Waals surface area contributed by atoms with E-state index in [0.717, 1.165) is 36.8 Å². The summed E-state index contributed by atoms with van der Waals surface area (Å²) >= 11 is 0. The number of nitrogens with one attached hydrogen (secondary N) is 1. The number of nitrogens with zero attached hydrogens (tertiary/aromatic N) is 3. The van der Waals surface area contributed by atoms with Gasteiger partial charge < -0.3 is 14.6 Å². The van der Waals surface area contributed by atoms with Gasteiger partial charge in [-0.25, -0.2) is 14.8 Å². The fourth-order valence-electron chi connectivity index (χ4n) is 3.83. The molecule has 1 amide bonds. The van der Waals surface area contributed by atoms with Crippen molar-refractivity contribution in [2.45, 2.75) is 46.1 Å². The normalized spacial score (nSPS) is 11.4. The van der Waals surface area contributed by atoms with E-state index in [1.54, 1.807) is 6.08 Å². The Kier molecular flexibility index (Phi) is 7.88. The number of aromatic nitrogens is 3. The number of carbonyl (C=O) groups is 2. The van der Waals surface area contributed by atoms with Gasteiger partial charge in [0.1, 0.15) is 16.9 Å². The molecular weight excluding hydrogens is 440 g/mol. The molecule has 4 rings (SSSR count). The molecule has 2 aromatic carbocycles. The quantitative estimate of drug-likeness (QED) is 0.175. The Bertz CT molecular complexity index is 1360. The highest BCUT2D eigenvalue weighted by Gasteiger charge is 2.27. The molecule has 7 nitrogen and oxygen atoms in total. The number of carbonyl (C=O) groups excluding carboxylic acids is 2. The lowest BCUT2D eigenvalue weighted by atomic mass is 10.2. The minimum atomic E-state index is -0.509. The second-order valence-corrected chi connectivity index (χ2v) is 8.34. The predicted octanol–water partition coefficient (Wildman–Crippen LogP) is 5.99. The molecule has 180 valence electrons. The van der Waals surface area contributed by atoms with Gasteiger partial charge in [0.25, 0.3) is 0 Å². The Morgan fingerprint density at radius 2 is 1.63 bits per heavy atom. The van der Waals surface area contributed by atoms with Gasteiger partial charge in [-0.05, 0) is 36.6 Å². The molecule has 2 heterocycles. The number of esters is 1. The van der Waals surface area contributed by atoms with Crippen molar-refractivity contribution >= 4 is 46.0 Å². The molecule has 0 radical (unpaired) electrons. The molecule has 7 heteroatoms. The number of rotatable bonds is 10. The number of unbranched alkanes of at least 4 members (excludes halogenated alkanes) is 2. The maximum Gasteiger partial charge on any atom is 0.344 e. The molecule has 0 saturated carbocycles. The molecule has 0 unspecified atom stereocenters. The Balaban J connectivity index is 1.81. The zero-order valence-electron chi connectivity index (χ0n) is 20.2. The maximum atomic E-state index is 13.3. The molecule has 0 bridgehead atoms. The first kappa shape index (κ1) is 24.1. The molecule has 0 saturated heterocycles. The van der Waals surface area contributed by atoms with Gasteiger partial charge in [-0.15, -0.1) is 0 Å². The minimum Gasteiger partial charge on any atom is -0.462 e. The van der Waals surface area contributed by atoms with Crippen LogP contribution in [0.15, 0.2) is 60.7 Å².